The monoisotopic (exact) mass is 357 g/mol. The Kier molecular flexibility index (Phi) is 15.0. The predicted octanol–water partition coefficient (Wildman–Crippen LogP) is 1.52. The normalized spacial score (nSPS) is 8.88. The van der Waals surface area contributed by atoms with E-state index in [9.17, 15) is 4.79 Å². The number of carbonyl (C=O) groups is 1. The first-order valence-corrected chi connectivity index (χ1v) is 5.83. The molecule has 0 fully saturated rings. The number of halogens is 1. The quantitative estimate of drug-likeness (QED) is 0.239. The van der Waals surface area contributed by atoms with Crippen LogP contribution in [0.3, 0.4) is 0 Å². The van der Waals surface area contributed by atoms with Crippen molar-refractivity contribution in [2.75, 3.05) is 26.7 Å². The Morgan fingerprint density at radius 3 is 2.24 bits per heavy atom. The summed E-state index contributed by atoms with van der Waals surface area (Å²) in [4.78, 5) is 15.2. The van der Waals surface area contributed by atoms with E-state index in [1.165, 1.54) is 7.11 Å². The molecule has 0 aromatic carbocycles. The summed E-state index contributed by atoms with van der Waals surface area (Å²) in [5, 5.41) is 6.28. The number of hydrogen-bond donors (Lipinski definition) is 2. The van der Waals surface area contributed by atoms with E-state index >= 15 is 0 Å². The topological polar surface area (TPSA) is 62.7 Å². The SMILES string of the molecule is CCNC(=NCCCCC(=O)OC)NCC.I. The lowest BCUT2D eigenvalue weighted by molar-refractivity contribution is -0.140. The number of esters is 1. The van der Waals surface area contributed by atoms with E-state index < -0.39 is 0 Å². The van der Waals surface area contributed by atoms with Crippen molar-refractivity contribution >= 4 is 35.9 Å². The Hall–Kier alpha value is -0.530. The molecular weight excluding hydrogens is 333 g/mol. The molecule has 0 rings (SSSR count). The second-order valence-electron chi connectivity index (χ2n) is 3.32. The van der Waals surface area contributed by atoms with Gasteiger partial charge in [0.2, 0.25) is 0 Å². The molecule has 2 N–H and O–H groups in total. The minimum atomic E-state index is -0.150. The average molecular weight is 357 g/mol. The molecule has 102 valence electrons. The Morgan fingerprint density at radius 2 is 1.76 bits per heavy atom. The van der Waals surface area contributed by atoms with Crippen molar-refractivity contribution in [2.45, 2.75) is 33.1 Å². The lowest BCUT2D eigenvalue weighted by atomic mass is 10.2. The molecule has 0 saturated heterocycles. The van der Waals surface area contributed by atoms with Gasteiger partial charge in [-0.25, -0.2) is 0 Å². The first kappa shape index (κ1) is 18.8. The number of aliphatic imine (C=N–C) groups is 1. The first-order chi connectivity index (χ1) is 7.74. The molecule has 0 atom stereocenters. The number of methoxy groups -OCH3 is 1. The second-order valence-corrected chi connectivity index (χ2v) is 3.32. The molecule has 17 heavy (non-hydrogen) atoms. The number of hydrogen-bond acceptors (Lipinski definition) is 3. The van der Waals surface area contributed by atoms with Gasteiger partial charge in [-0.2, -0.15) is 0 Å². The van der Waals surface area contributed by atoms with Gasteiger partial charge in [0.1, 0.15) is 0 Å². The van der Waals surface area contributed by atoms with Crippen LogP contribution >= 0.6 is 24.0 Å². The largest absolute Gasteiger partial charge is 0.469 e. The van der Waals surface area contributed by atoms with Gasteiger partial charge in [0.15, 0.2) is 5.96 Å². The fourth-order valence-corrected chi connectivity index (χ4v) is 1.18. The van der Waals surface area contributed by atoms with Gasteiger partial charge in [0.05, 0.1) is 7.11 Å². The van der Waals surface area contributed by atoms with Crippen LogP contribution in [0.15, 0.2) is 4.99 Å². The average Bonchev–Trinajstić information content (AvgIpc) is 2.28. The maximum absolute atomic E-state index is 10.8. The molecule has 0 amide bonds. The summed E-state index contributed by atoms with van der Waals surface area (Å²) < 4.78 is 4.56. The number of ether oxygens (including phenoxy) is 1. The van der Waals surface area contributed by atoms with Crippen LogP contribution in [0.5, 0.6) is 0 Å². The van der Waals surface area contributed by atoms with E-state index in [4.69, 9.17) is 0 Å². The van der Waals surface area contributed by atoms with Crippen LogP contribution in [0.1, 0.15) is 33.1 Å². The van der Waals surface area contributed by atoms with Gasteiger partial charge in [0.25, 0.3) is 0 Å². The van der Waals surface area contributed by atoms with Crippen LogP contribution < -0.4 is 10.6 Å². The third-order valence-corrected chi connectivity index (χ3v) is 1.98. The van der Waals surface area contributed by atoms with E-state index in [0.717, 1.165) is 38.4 Å². The zero-order valence-corrected chi connectivity index (χ0v) is 13.2. The highest BCUT2D eigenvalue weighted by Crippen LogP contribution is 1.97. The van der Waals surface area contributed by atoms with Crippen molar-refractivity contribution in [3.63, 3.8) is 0 Å². The van der Waals surface area contributed by atoms with Gasteiger partial charge in [-0.05, 0) is 26.7 Å². The summed E-state index contributed by atoms with van der Waals surface area (Å²) in [6.07, 6.45) is 2.20. The summed E-state index contributed by atoms with van der Waals surface area (Å²) >= 11 is 0. The van der Waals surface area contributed by atoms with Crippen molar-refractivity contribution in [3.05, 3.63) is 0 Å². The van der Waals surface area contributed by atoms with Crippen molar-refractivity contribution in [1.29, 1.82) is 0 Å². The first-order valence-electron chi connectivity index (χ1n) is 5.83. The second kappa shape index (κ2) is 13.5. The minimum absolute atomic E-state index is 0. The standard InChI is InChI=1S/C11H23N3O2.HI/c1-4-12-11(13-5-2)14-9-7-6-8-10(15)16-3;/h4-9H2,1-3H3,(H2,12,13,14);1H. The van der Waals surface area contributed by atoms with E-state index in [0.29, 0.717) is 6.42 Å². The Labute approximate surface area is 121 Å². The third-order valence-electron chi connectivity index (χ3n) is 1.98. The molecule has 0 aliphatic heterocycles. The zero-order valence-electron chi connectivity index (χ0n) is 10.9. The lowest BCUT2D eigenvalue weighted by Crippen LogP contribution is -2.37. The number of rotatable bonds is 7. The zero-order chi connectivity index (χ0) is 12.2. The van der Waals surface area contributed by atoms with Crippen LogP contribution in [0.2, 0.25) is 0 Å². The third kappa shape index (κ3) is 11.7. The van der Waals surface area contributed by atoms with Gasteiger partial charge in [0, 0.05) is 26.1 Å². The smallest absolute Gasteiger partial charge is 0.305 e. The molecule has 5 nitrogen and oxygen atoms in total. The maximum Gasteiger partial charge on any atom is 0.305 e. The van der Waals surface area contributed by atoms with Crippen LogP contribution in [-0.2, 0) is 9.53 Å². The number of guanidine groups is 1. The molecule has 6 heteroatoms. The molecule has 0 saturated carbocycles. The summed E-state index contributed by atoms with van der Waals surface area (Å²) in [5.41, 5.74) is 0. The van der Waals surface area contributed by atoms with Crippen LogP contribution in [-0.4, -0.2) is 38.7 Å². The Morgan fingerprint density at radius 1 is 1.18 bits per heavy atom. The molecule has 0 aliphatic carbocycles. The van der Waals surface area contributed by atoms with Crippen molar-refractivity contribution in [1.82, 2.24) is 10.6 Å². The number of nitrogens with zero attached hydrogens (tertiary/aromatic N) is 1. The Balaban J connectivity index is 0. The van der Waals surface area contributed by atoms with Crippen LogP contribution in [0, 0.1) is 0 Å². The molecule has 0 unspecified atom stereocenters. The number of nitrogens with one attached hydrogen (secondary N) is 2. The fourth-order valence-electron chi connectivity index (χ4n) is 1.18. The lowest BCUT2D eigenvalue weighted by Gasteiger charge is -2.08. The molecule has 0 aliphatic rings. The van der Waals surface area contributed by atoms with Gasteiger partial charge in [-0.15, -0.1) is 24.0 Å². The predicted molar refractivity (Wildman–Crippen MR) is 80.9 cm³/mol. The molecule has 0 spiro atoms. The summed E-state index contributed by atoms with van der Waals surface area (Å²) in [7, 11) is 1.41. The highest BCUT2D eigenvalue weighted by atomic mass is 127. The summed E-state index contributed by atoms with van der Waals surface area (Å²) in [6.45, 7) is 6.50. The number of carbonyl (C=O) groups excluding carboxylic acids is 1. The maximum atomic E-state index is 10.8. The highest BCUT2D eigenvalue weighted by molar-refractivity contribution is 14.0. The van der Waals surface area contributed by atoms with E-state index in [1.54, 1.807) is 0 Å². The molecule has 0 radical (unpaired) electrons. The van der Waals surface area contributed by atoms with Gasteiger partial charge < -0.3 is 15.4 Å². The highest BCUT2D eigenvalue weighted by Gasteiger charge is 1.99. The molecular formula is C11H24IN3O2. The van der Waals surface area contributed by atoms with E-state index in [2.05, 4.69) is 20.4 Å². The molecule has 0 aromatic rings. The fraction of sp³-hybridized carbons (Fsp3) is 0.818. The van der Waals surface area contributed by atoms with Crippen molar-refractivity contribution in [2.24, 2.45) is 4.99 Å². The van der Waals surface area contributed by atoms with Crippen molar-refractivity contribution < 1.29 is 9.53 Å². The van der Waals surface area contributed by atoms with Gasteiger partial charge in [-0.3, -0.25) is 9.79 Å². The molecule has 0 bridgehead atoms. The summed E-state index contributed by atoms with van der Waals surface area (Å²) in [5.74, 6) is 0.686. The molecule has 0 aromatic heterocycles. The summed E-state index contributed by atoms with van der Waals surface area (Å²) in [6, 6.07) is 0. The van der Waals surface area contributed by atoms with Crippen molar-refractivity contribution in [3.8, 4) is 0 Å². The Bertz CT molecular complexity index is 215. The van der Waals surface area contributed by atoms with Gasteiger partial charge in [-0.1, -0.05) is 0 Å². The van der Waals surface area contributed by atoms with Crippen LogP contribution in [0.4, 0.5) is 0 Å². The van der Waals surface area contributed by atoms with Gasteiger partial charge >= 0.3 is 5.97 Å². The minimum Gasteiger partial charge on any atom is -0.469 e. The van der Waals surface area contributed by atoms with Crippen LogP contribution in [0.25, 0.3) is 0 Å². The van der Waals surface area contributed by atoms with E-state index in [-0.39, 0.29) is 29.9 Å². The molecule has 0 heterocycles. The number of unbranched alkanes of at least 4 members (excludes halogenated alkanes) is 1. The van der Waals surface area contributed by atoms with E-state index in [1.807, 2.05) is 13.8 Å².